The maximum Gasteiger partial charge on any atom is 0.408 e. The van der Waals surface area contributed by atoms with Crippen molar-refractivity contribution in [3.05, 3.63) is 47.8 Å². The van der Waals surface area contributed by atoms with Crippen LogP contribution in [-0.4, -0.2) is 57.3 Å². The Hall–Kier alpha value is -3.76. The number of Topliss-reactive ketones (excluding diaryl/α,β-unsaturated/α-hetero) is 1. The second kappa shape index (κ2) is 10.5. The third kappa shape index (κ3) is 6.13. The van der Waals surface area contributed by atoms with Crippen LogP contribution in [0.5, 0.6) is 0 Å². The lowest BCUT2D eigenvalue weighted by molar-refractivity contribution is -0.140. The Morgan fingerprint density at radius 3 is 2.72 bits per heavy atom. The van der Waals surface area contributed by atoms with E-state index in [0.29, 0.717) is 12.1 Å². The molecular formula is C21H26N6O5. The summed E-state index contributed by atoms with van der Waals surface area (Å²) in [5.74, 6) is -2.53. The fraction of sp³-hybridized carbons (Fsp3) is 0.429. The molecule has 2 aromatic rings. The number of alkyl carbamates (subject to hydrolysis) is 1. The third-order valence-electron chi connectivity index (χ3n) is 4.89. The summed E-state index contributed by atoms with van der Waals surface area (Å²) in [5.41, 5.74) is 1.46. The van der Waals surface area contributed by atoms with Gasteiger partial charge < -0.3 is 20.7 Å². The first-order valence-corrected chi connectivity index (χ1v) is 10.3. The van der Waals surface area contributed by atoms with Gasteiger partial charge in [-0.2, -0.15) is 15.0 Å². The zero-order valence-electron chi connectivity index (χ0n) is 17.9. The number of hydrogen-bond acceptors (Lipinski definition) is 7. The van der Waals surface area contributed by atoms with Crippen molar-refractivity contribution in [3.63, 3.8) is 0 Å². The fourth-order valence-corrected chi connectivity index (χ4v) is 3.13. The second-order valence-electron chi connectivity index (χ2n) is 7.75. The Bertz CT molecular complexity index is 974. The van der Waals surface area contributed by atoms with E-state index >= 15 is 0 Å². The minimum atomic E-state index is -1.19. The molecule has 2 atom stereocenters. The van der Waals surface area contributed by atoms with E-state index in [0.717, 1.165) is 5.56 Å². The van der Waals surface area contributed by atoms with Crippen molar-refractivity contribution in [3.8, 4) is 0 Å². The highest BCUT2D eigenvalue weighted by molar-refractivity contribution is 6.38. The van der Waals surface area contributed by atoms with Crippen molar-refractivity contribution in [2.45, 2.75) is 45.5 Å². The summed E-state index contributed by atoms with van der Waals surface area (Å²) < 4.78 is 5.19. The quantitative estimate of drug-likeness (QED) is 0.532. The summed E-state index contributed by atoms with van der Waals surface area (Å²) in [6.45, 7) is 3.65. The number of hydrogen-bond donors (Lipinski definition) is 3. The van der Waals surface area contributed by atoms with Gasteiger partial charge in [-0.1, -0.05) is 44.2 Å². The van der Waals surface area contributed by atoms with Gasteiger partial charge in [-0.15, -0.1) is 0 Å². The van der Waals surface area contributed by atoms with Gasteiger partial charge in [0.25, 0.3) is 5.91 Å². The Balaban J connectivity index is 1.65. The number of nitrogens with zero attached hydrogens (tertiary/aromatic N) is 3. The van der Waals surface area contributed by atoms with Crippen molar-refractivity contribution >= 4 is 23.7 Å². The average molecular weight is 442 g/mol. The molecule has 2 heterocycles. The topological polar surface area (TPSA) is 144 Å². The van der Waals surface area contributed by atoms with Crippen molar-refractivity contribution in [2.75, 3.05) is 6.54 Å². The van der Waals surface area contributed by atoms with Gasteiger partial charge in [-0.3, -0.25) is 14.4 Å². The van der Waals surface area contributed by atoms with E-state index in [2.05, 4.69) is 26.1 Å². The van der Waals surface area contributed by atoms with Gasteiger partial charge in [0, 0.05) is 13.0 Å². The van der Waals surface area contributed by atoms with Crippen LogP contribution in [0.1, 0.15) is 25.1 Å². The van der Waals surface area contributed by atoms with E-state index in [1.807, 2.05) is 30.3 Å². The van der Waals surface area contributed by atoms with Gasteiger partial charge in [0.05, 0.1) is 18.4 Å². The molecule has 0 saturated heterocycles. The molecule has 11 nitrogen and oxygen atoms in total. The SMILES string of the molecule is CC(C)C(NC(=O)OCc1ccccc1)C(=O)NC1Cn2ncc(n2)CCNC(=O)C1=O. The number of aromatic nitrogens is 3. The molecule has 1 aliphatic rings. The predicted molar refractivity (Wildman–Crippen MR) is 112 cm³/mol. The minimum Gasteiger partial charge on any atom is -0.445 e. The number of nitrogens with one attached hydrogen (secondary N) is 3. The smallest absolute Gasteiger partial charge is 0.408 e. The number of ether oxygens (including phenoxy) is 1. The number of carbonyl (C=O) groups is 4. The van der Waals surface area contributed by atoms with E-state index < -0.39 is 35.8 Å². The van der Waals surface area contributed by atoms with E-state index in [1.54, 1.807) is 20.0 Å². The normalized spacial score (nSPS) is 17.3. The molecule has 3 amide bonds. The van der Waals surface area contributed by atoms with Crippen LogP contribution in [0.2, 0.25) is 0 Å². The lowest BCUT2D eigenvalue weighted by Crippen LogP contribution is -2.56. The van der Waals surface area contributed by atoms with Crippen LogP contribution < -0.4 is 16.0 Å². The van der Waals surface area contributed by atoms with Crippen molar-refractivity contribution in [1.29, 1.82) is 0 Å². The van der Waals surface area contributed by atoms with Gasteiger partial charge in [0.15, 0.2) is 0 Å². The van der Waals surface area contributed by atoms with Gasteiger partial charge in [0.1, 0.15) is 18.7 Å². The highest BCUT2D eigenvalue weighted by Gasteiger charge is 2.33. The molecule has 3 N–H and O–H groups in total. The lowest BCUT2D eigenvalue weighted by atomic mass is 10.0. The summed E-state index contributed by atoms with van der Waals surface area (Å²) >= 11 is 0. The first kappa shape index (κ1) is 22.9. The minimum absolute atomic E-state index is 0.0493. The summed E-state index contributed by atoms with van der Waals surface area (Å²) in [6.07, 6.45) is 1.22. The monoisotopic (exact) mass is 442 g/mol. The molecule has 2 bridgehead atoms. The van der Waals surface area contributed by atoms with Crippen LogP contribution in [0.4, 0.5) is 4.79 Å². The first-order valence-electron chi connectivity index (χ1n) is 10.3. The van der Waals surface area contributed by atoms with E-state index in [1.165, 1.54) is 4.80 Å². The first-order chi connectivity index (χ1) is 15.3. The van der Waals surface area contributed by atoms with Crippen LogP contribution in [0.3, 0.4) is 0 Å². The highest BCUT2D eigenvalue weighted by atomic mass is 16.5. The number of carbonyl (C=O) groups excluding carboxylic acids is 4. The Morgan fingerprint density at radius 1 is 1.25 bits per heavy atom. The van der Waals surface area contributed by atoms with Crippen molar-refractivity contribution in [2.24, 2.45) is 5.92 Å². The van der Waals surface area contributed by atoms with Gasteiger partial charge >= 0.3 is 6.09 Å². The van der Waals surface area contributed by atoms with Crippen LogP contribution in [0.15, 0.2) is 36.5 Å². The van der Waals surface area contributed by atoms with Crippen LogP contribution in [0, 0.1) is 5.92 Å². The Kier molecular flexibility index (Phi) is 7.53. The molecule has 1 aromatic heterocycles. The summed E-state index contributed by atoms with van der Waals surface area (Å²) in [5, 5.41) is 15.9. The lowest BCUT2D eigenvalue weighted by Gasteiger charge is -2.24. The fourth-order valence-electron chi connectivity index (χ4n) is 3.13. The third-order valence-corrected chi connectivity index (χ3v) is 4.89. The van der Waals surface area contributed by atoms with Gasteiger partial charge in [-0.05, 0) is 11.5 Å². The van der Waals surface area contributed by atoms with Gasteiger partial charge in [-0.25, -0.2) is 4.79 Å². The molecule has 0 radical (unpaired) electrons. The summed E-state index contributed by atoms with van der Waals surface area (Å²) in [4.78, 5) is 51.2. The van der Waals surface area contributed by atoms with Crippen LogP contribution in [0.25, 0.3) is 0 Å². The molecule has 170 valence electrons. The molecule has 0 saturated carbocycles. The molecule has 0 spiro atoms. The molecular weight excluding hydrogens is 416 g/mol. The number of fused-ring (bicyclic) bond motifs is 2. The molecule has 32 heavy (non-hydrogen) atoms. The van der Waals surface area contributed by atoms with Crippen molar-refractivity contribution in [1.82, 2.24) is 30.9 Å². The Labute approximate surface area is 184 Å². The second-order valence-corrected chi connectivity index (χ2v) is 7.75. The number of rotatable bonds is 6. The maximum absolute atomic E-state index is 12.9. The molecule has 1 aromatic carbocycles. The molecule has 0 aliphatic carbocycles. The molecule has 2 unspecified atom stereocenters. The van der Waals surface area contributed by atoms with E-state index in [9.17, 15) is 19.2 Å². The zero-order valence-corrected chi connectivity index (χ0v) is 17.9. The summed E-state index contributed by atoms with van der Waals surface area (Å²) in [7, 11) is 0. The predicted octanol–water partition coefficient (Wildman–Crippen LogP) is -0.0447. The van der Waals surface area contributed by atoms with Gasteiger partial charge in [0.2, 0.25) is 11.7 Å². The standard InChI is InChI=1S/C21H26N6O5/c1-13(2)17(25-21(31)32-12-14-6-4-3-5-7-14)19(29)24-16-11-27-23-10-15(26-27)8-9-22-20(30)18(16)28/h3-7,10,13,16-17H,8-9,11-12H2,1-2H3,(H,22,30)(H,24,29)(H,25,31). The largest absolute Gasteiger partial charge is 0.445 e. The Morgan fingerprint density at radius 2 is 2.00 bits per heavy atom. The maximum atomic E-state index is 12.9. The number of benzene rings is 1. The van der Waals surface area contributed by atoms with Crippen LogP contribution >= 0.6 is 0 Å². The molecule has 3 rings (SSSR count). The summed E-state index contributed by atoms with van der Waals surface area (Å²) in [6, 6.07) is 6.95. The number of amides is 3. The average Bonchev–Trinajstić information content (AvgIpc) is 3.21. The highest BCUT2D eigenvalue weighted by Crippen LogP contribution is 2.07. The van der Waals surface area contributed by atoms with Crippen molar-refractivity contribution < 1.29 is 23.9 Å². The number of ketones is 1. The molecule has 11 heteroatoms. The van der Waals surface area contributed by atoms with E-state index in [-0.39, 0.29) is 25.6 Å². The van der Waals surface area contributed by atoms with E-state index in [4.69, 9.17) is 4.74 Å². The van der Waals surface area contributed by atoms with Crippen LogP contribution in [-0.2, 0) is 38.7 Å². The molecule has 1 aliphatic heterocycles. The zero-order chi connectivity index (χ0) is 23.1. The molecule has 0 fully saturated rings.